The summed E-state index contributed by atoms with van der Waals surface area (Å²) in [5.41, 5.74) is 2.59. The Morgan fingerprint density at radius 2 is 1.96 bits per heavy atom. The van der Waals surface area contributed by atoms with Gasteiger partial charge >= 0.3 is 0 Å². The third-order valence-electron chi connectivity index (χ3n) is 4.03. The zero-order chi connectivity index (χ0) is 18.6. The Labute approximate surface area is 155 Å². The van der Waals surface area contributed by atoms with Crippen molar-refractivity contribution >= 4 is 28.6 Å². The van der Waals surface area contributed by atoms with E-state index >= 15 is 0 Å². The number of amides is 1. The van der Waals surface area contributed by atoms with Gasteiger partial charge in [0.25, 0.3) is 0 Å². The highest BCUT2D eigenvalue weighted by molar-refractivity contribution is 5.76. The average Bonchev–Trinajstić information content (AvgIpc) is 3.29. The fourth-order valence-electron chi connectivity index (χ4n) is 2.67. The lowest BCUT2D eigenvalue weighted by Crippen LogP contribution is -2.23. The zero-order valence-electron chi connectivity index (χ0n) is 14.7. The minimum atomic E-state index is -0.118. The molecule has 9 heteroatoms. The molecule has 136 valence electrons. The molecule has 4 rings (SSSR count). The summed E-state index contributed by atoms with van der Waals surface area (Å²) >= 11 is 0. The van der Waals surface area contributed by atoms with Gasteiger partial charge in [-0.05, 0) is 5.56 Å². The standard InChI is InChI=1S/C18H18N8O/c1-19-16(27)12-25-11-15(9-21-25)23-18-20-7-14-8-22-26(17(14)24-18)10-13-5-3-2-4-6-13/h2-9,11H,10,12H2,1H3,(H,19,27)(H,20,23,24). The van der Waals surface area contributed by atoms with E-state index in [2.05, 4.69) is 42.9 Å². The van der Waals surface area contributed by atoms with Gasteiger partial charge in [0.05, 0.1) is 30.0 Å². The molecule has 0 unspecified atom stereocenters. The van der Waals surface area contributed by atoms with Crippen LogP contribution in [0.2, 0.25) is 0 Å². The van der Waals surface area contributed by atoms with Crippen molar-refractivity contribution in [2.24, 2.45) is 0 Å². The van der Waals surface area contributed by atoms with Crippen LogP contribution in [-0.2, 0) is 17.9 Å². The fourth-order valence-corrected chi connectivity index (χ4v) is 2.67. The highest BCUT2D eigenvalue weighted by Crippen LogP contribution is 2.17. The number of anilines is 2. The molecule has 0 fully saturated rings. The van der Waals surface area contributed by atoms with Crippen LogP contribution in [0, 0.1) is 0 Å². The molecule has 1 aromatic carbocycles. The third-order valence-corrected chi connectivity index (χ3v) is 4.03. The van der Waals surface area contributed by atoms with E-state index < -0.39 is 0 Å². The largest absolute Gasteiger partial charge is 0.358 e. The first kappa shape index (κ1) is 16.7. The molecule has 0 spiro atoms. The molecule has 27 heavy (non-hydrogen) atoms. The van der Waals surface area contributed by atoms with Gasteiger partial charge in [0.1, 0.15) is 6.54 Å². The minimum Gasteiger partial charge on any atom is -0.358 e. The van der Waals surface area contributed by atoms with E-state index in [1.807, 2.05) is 22.9 Å². The van der Waals surface area contributed by atoms with Gasteiger partial charge in [-0.15, -0.1) is 0 Å². The summed E-state index contributed by atoms with van der Waals surface area (Å²) in [4.78, 5) is 20.3. The number of nitrogens with one attached hydrogen (secondary N) is 2. The Bertz CT molecular complexity index is 1070. The van der Waals surface area contributed by atoms with Crippen LogP contribution in [0.1, 0.15) is 5.56 Å². The van der Waals surface area contributed by atoms with Gasteiger partial charge in [0.15, 0.2) is 5.65 Å². The summed E-state index contributed by atoms with van der Waals surface area (Å²) in [5.74, 6) is 0.323. The Balaban J connectivity index is 1.54. The van der Waals surface area contributed by atoms with E-state index in [0.717, 1.165) is 16.6 Å². The molecule has 0 saturated carbocycles. The predicted molar refractivity (Wildman–Crippen MR) is 100 cm³/mol. The highest BCUT2D eigenvalue weighted by Gasteiger charge is 2.09. The zero-order valence-corrected chi connectivity index (χ0v) is 14.7. The van der Waals surface area contributed by atoms with Gasteiger partial charge in [0, 0.05) is 19.4 Å². The summed E-state index contributed by atoms with van der Waals surface area (Å²) in [5, 5.41) is 15.1. The molecule has 0 aliphatic carbocycles. The van der Waals surface area contributed by atoms with Gasteiger partial charge in [-0.3, -0.25) is 9.48 Å². The second-order valence-corrected chi connectivity index (χ2v) is 5.99. The van der Waals surface area contributed by atoms with Crippen LogP contribution in [0.3, 0.4) is 0 Å². The van der Waals surface area contributed by atoms with Crippen LogP contribution >= 0.6 is 0 Å². The van der Waals surface area contributed by atoms with Crippen LogP contribution in [0.5, 0.6) is 0 Å². The van der Waals surface area contributed by atoms with E-state index in [4.69, 9.17) is 0 Å². The smallest absolute Gasteiger partial charge is 0.241 e. The molecule has 0 atom stereocenters. The maximum atomic E-state index is 11.4. The summed E-state index contributed by atoms with van der Waals surface area (Å²) in [7, 11) is 1.59. The van der Waals surface area contributed by atoms with Crippen LogP contribution in [0.4, 0.5) is 11.6 Å². The molecular formula is C18H18N8O. The lowest BCUT2D eigenvalue weighted by atomic mass is 10.2. The quantitative estimate of drug-likeness (QED) is 0.540. The number of nitrogens with zero attached hydrogens (tertiary/aromatic N) is 6. The molecule has 1 amide bonds. The first-order valence-electron chi connectivity index (χ1n) is 8.44. The van der Waals surface area contributed by atoms with E-state index in [0.29, 0.717) is 18.2 Å². The third kappa shape index (κ3) is 3.76. The van der Waals surface area contributed by atoms with Crippen molar-refractivity contribution in [3.8, 4) is 0 Å². The maximum Gasteiger partial charge on any atom is 0.241 e. The number of benzene rings is 1. The predicted octanol–water partition coefficient (Wildman–Crippen LogP) is 1.56. The van der Waals surface area contributed by atoms with E-state index in [1.165, 1.54) is 0 Å². The van der Waals surface area contributed by atoms with Gasteiger partial charge < -0.3 is 10.6 Å². The maximum absolute atomic E-state index is 11.4. The molecule has 0 aliphatic rings. The van der Waals surface area contributed by atoms with Crippen molar-refractivity contribution in [1.82, 2.24) is 34.8 Å². The first-order valence-corrected chi connectivity index (χ1v) is 8.44. The van der Waals surface area contributed by atoms with Crippen molar-refractivity contribution in [3.63, 3.8) is 0 Å². The SMILES string of the molecule is CNC(=O)Cn1cc(Nc2ncc3cnn(Cc4ccccc4)c3n2)cn1. The van der Waals surface area contributed by atoms with E-state index in [1.54, 1.807) is 36.5 Å². The number of carbonyl (C=O) groups is 1. The number of aromatic nitrogens is 6. The molecule has 3 heterocycles. The Morgan fingerprint density at radius 1 is 1.11 bits per heavy atom. The molecular weight excluding hydrogens is 344 g/mol. The van der Waals surface area contributed by atoms with E-state index in [-0.39, 0.29) is 12.5 Å². The van der Waals surface area contributed by atoms with Gasteiger partial charge in [-0.1, -0.05) is 30.3 Å². The minimum absolute atomic E-state index is 0.118. The average molecular weight is 362 g/mol. The van der Waals surface area contributed by atoms with Gasteiger partial charge in [0.2, 0.25) is 11.9 Å². The Hall–Kier alpha value is -3.75. The molecule has 4 aromatic rings. The molecule has 9 nitrogen and oxygen atoms in total. The topological polar surface area (TPSA) is 103 Å². The Morgan fingerprint density at radius 3 is 2.78 bits per heavy atom. The van der Waals surface area contributed by atoms with Crippen molar-refractivity contribution in [2.75, 3.05) is 12.4 Å². The molecule has 0 saturated heterocycles. The number of likely N-dealkylation sites (N-methyl/N-ethyl adjacent to an activating group) is 1. The molecule has 0 aliphatic heterocycles. The lowest BCUT2D eigenvalue weighted by Gasteiger charge is -2.05. The van der Waals surface area contributed by atoms with Crippen LogP contribution in [0.25, 0.3) is 11.0 Å². The van der Waals surface area contributed by atoms with Crippen molar-refractivity contribution in [3.05, 3.63) is 60.7 Å². The van der Waals surface area contributed by atoms with Crippen LogP contribution in [0.15, 0.2) is 55.1 Å². The molecule has 0 radical (unpaired) electrons. The van der Waals surface area contributed by atoms with Crippen molar-refractivity contribution < 1.29 is 4.79 Å². The van der Waals surface area contributed by atoms with E-state index in [9.17, 15) is 4.79 Å². The van der Waals surface area contributed by atoms with Crippen molar-refractivity contribution in [2.45, 2.75) is 13.1 Å². The number of carbonyl (C=O) groups excluding carboxylic acids is 1. The number of rotatable bonds is 6. The molecule has 2 N–H and O–H groups in total. The van der Waals surface area contributed by atoms with Gasteiger partial charge in [-0.25, -0.2) is 9.67 Å². The first-order chi connectivity index (χ1) is 13.2. The number of hydrogen-bond donors (Lipinski definition) is 2. The van der Waals surface area contributed by atoms with Gasteiger partial charge in [-0.2, -0.15) is 15.2 Å². The molecule has 3 aromatic heterocycles. The van der Waals surface area contributed by atoms with Crippen LogP contribution in [-0.4, -0.2) is 42.5 Å². The summed E-state index contributed by atoms with van der Waals surface area (Å²) in [6.07, 6.45) is 6.83. The lowest BCUT2D eigenvalue weighted by molar-refractivity contribution is -0.121. The number of fused-ring (bicyclic) bond motifs is 1. The second kappa shape index (κ2) is 7.24. The Kier molecular flexibility index (Phi) is 4.48. The summed E-state index contributed by atoms with van der Waals surface area (Å²) in [6, 6.07) is 10.1. The normalized spacial score (nSPS) is 10.9. The van der Waals surface area contributed by atoms with Crippen LogP contribution < -0.4 is 10.6 Å². The number of hydrogen-bond acceptors (Lipinski definition) is 6. The summed E-state index contributed by atoms with van der Waals surface area (Å²) in [6.45, 7) is 0.784. The monoisotopic (exact) mass is 362 g/mol. The molecule has 0 bridgehead atoms. The van der Waals surface area contributed by atoms with Crippen molar-refractivity contribution in [1.29, 1.82) is 0 Å². The second-order valence-electron chi connectivity index (χ2n) is 5.99. The highest BCUT2D eigenvalue weighted by atomic mass is 16.1. The summed E-state index contributed by atoms with van der Waals surface area (Å²) < 4.78 is 3.38. The fraction of sp³-hybridized carbons (Fsp3) is 0.167.